The Balaban J connectivity index is 2.58. The lowest BCUT2D eigenvalue weighted by molar-refractivity contribution is 0.0941. The number of para-hydroxylation sites is 1. The summed E-state index contributed by atoms with van der Waals surface area (Å²) in [6.45, 7) is 5.40. The lowest BCUT2D eigenvalue weighted by Crippen LogP contribution is -2.15. The molecule has 120 valence electrons. The molecule has 0 amide bonds. The van der Waals surface area contributed by atoms with Crippen molar-refractivity contribution in [2.45, 2.75) is 26.6 Å². The number of nitrogens with zero attached hydrogens (tertiary/aromatic N) is 1. The van der Waals surface area contributed by atoms with Gasteiger partial charge in [-0.2, -0.15) is 0 Å². The largest absolute Gasteiger partial charge is 0.351 e. The average molecular weight is 324 g/mol. The van der Waals surface area contributed by atoms with Gasteiger partial charge in [0.2, 0.25) is 5.91 Å². The molecule has 1 atom stereocenters. The van der Waals surface area contributed by atoms with Crippen LogP contribution < -0.4 is 5.73 Å². The van der Waals surface area contributed by atoms with Crippen molar-refractivity contribution in [2.75, 3.05) is 13.2 Å². The van der Waals surface area contributed by atoms with Crippen molar-refractivity contribution in [1.82, 2.24) is 4.57 Å². The average Bonchev–Trinajstić information content (AvgIpc) is 2.86. The Labute approximate surface area is 129 Å². The number of nitrogens with two attached hydrogens (primary N) is 1. The minimum Gasteiger partial charge on any atom is -0.314 e. The van der Waals surface area contributed by atoms with E-state index in [1.807, 2.05) is 24.3 Å². The molecule has 0 saturated carbocycles. The number of hydrogen-bond donors (Lipinski definition) is 1. The molecule has 7 heteroatoms. The van der Waals surface area contributed by atoms with E-state index in [4.69, 9.17) is 14.8 Å². The van der Waals surface area contributed by atoms with Crippen molar-refractivity contribution in [1.29, 1.82) is 0 Å². The molecule has 0 aliphatic carbocycles. The topological polar surface area (TPSA) is 83.5 Å². The molecular weight excluding hydrogens is 303 g/mol. The number of carbonyl (C=O) groups is 1. The second-order valence-electron chi connectivity index (χ2n) is 4.81. The molecule has 1 aromatic carbocycles. The summed E-state index contributed by atoms with van der Waals surface area (Å²) in [6, 6.07) is 7.34. The molecule has 6 nitrogen and oxygen atoms in total. The maximum Gasteiger partial charge on any atom is 0.351 e. The van der Waals surface area contributed by atoms with Crippen molar-refractivity contribution in [3.05, 3.63) is 36.0 Å². The van der Waals surface area contributed by atoms with E-state index >= 15 is 0 Å². The highest BCUT2D eigenvalue weighted by atomic mass is 31.2. The zero-order valence-electron chi connectivity index (χ0n) is 13.0. The number of rotatable bonds is 6. The van der Waals surface area contributed by atoms with Crippen molar-refractivity contribution in [3.63, 3.8) is 0 Å². The molecule has 0 aliphatic rings. The number of benzene rings is 1. The number of fused-ring (bicyclic) bond motifs is 1. The van der Waals surface area contributed by atoms with Crippen molar-refractivity contribution in [2.24, 2.45) is 5.73 Å². The molecule has 0 spiro atoms. The van der Waals surface area contributed by atoms with Gasteiger partial charge >= 0.3 is 7.60 Å². The minimum absolute atomic E-state index is 0.141. The first-order valence-corrected chi connectivity index (χ1v) is 8.81. The Hall–Kier alpha value is -1.46. The second kappa shape index (κ2) is 6.75. The van der Waals surface area contributed by atoms with E-state index in [9.17, 15) is 9.36 Å². The molecule has 2 N–H and O–H groups in total. The second-order valence-corrected chi connectivity index (χ2v) is 6.96. The summed E-state index contributed by atoms with van der Waals surface area (Å²) in [4.78, 5) is 11.8. The summed E-state index contributed by atoms with van der Waals surface area (Å²) in [6.07, 6.45) is 1.61. The van der Waals surface area contributed by atoms with Gasteiger partial charge in [-0.25, -0.2) is 0 Å². The molecule has 1 heterocycles. The highest BCUT2D eigenvalue weighted by molar-refractivity contribution is 7.54. The molecule has 0 saturated heterocycles. The molecule has 22 heavy (non-hydrogen) atoms. The van der Waals surface area contributed by atoms with Crippen LogP contribution in [0.5, 0.6) is 0 Å². The van der Waals surface area contributed by atoms with Crippen LogP contribution in [0.25, 0.3) is 10.9 Å². The van der Waals surface area contributed by atoms with Crippen molar-refractivity contribution in [3.8, 4) is 0 Å². The van der Waals surface area contributed by atoms with Crippen LogP contribution in [0.15, 0.2) is 30.5 Å². The van der Waals surface area contributed by atoms with Gasteiger partial charge in [-0.15, -0.1) is 0 Å². The molecular formula is C15H21N2O4P. The molecule has 0 fully saturated rings. The molecule has 0 unspecified atom stereocenters. The third-order valence-corrected chi connectivity index (χ3v) is 5.56. The highest BCUT2D eigenvalue weighted by Gasteiger charge is 2.36. The van der Waals surface area contributed by atoms with Gasteiger partial charge in [0, 0.05) is 24.1 Å². The molecule has 2 rings (SSSR count). The molecule has 0 radical (unpaired) electrons. The van der Waals surface area contributed by atoms with Gasteiger partial charge < -0.3 is 14.8 Å². The fraction of sp³-hybridized carbons (Fsp3) is 0.400. The lowest BCUT2D eigenvalue weighted by Gasteiger charge is -2.22. The molecule has 1 aromatic heterocycles. The molecule has 0 bridgehead atoms. The SMILES string of the molecule is CCOP(=O)(OCC)[C@@H](N)c1cn(C(C)=O)c2ccccc12. The number of aromatic nitrogens is 1. The first-order valence-electron chi connectivity index (χ1n) is 7.20. The van der Waals surface area contributed by atoms with Crippen LogP contribution in [0.3, 0.4) is 0 Å². The Bertz CT molecular complexity index is 715. The fourth-order valence-electron chi connectivity index (χ4n) is 2.43. The van der Waals surface area contributed by atoms with Crippen LogP contribution in [0, 0.1) is 0 Å². The van der Waals surface area contributed by atoms with E-state index in [2.05, 4.69) is 0 Å². The Morgan fingerprint density at radius 3 is 2.41 bits per heavy atom. The van der Waals surface area contributed by atoms with Gasteiger partial charge in [-0.1, -0.05) is 18.2 Å². The van der Waals surface area contributed by atoms with Crippen LogP contribution >= 0.6 is 7.60 Å². The van der Waals surface area contributed by atoms with Gasteiger partial charge in [-0.3, -0.25) is 13.9 Å². The van der Waals surface area contributed by atoms with Crippen LogP contribution in [-0.4, -0.2) is 23.7 Å². The summed E-state index contributed by atoms with van der Waals surface area (Å²) in [5.41, 5.74) is 7.49. The molecule has 0 aliphatic heterocycles. The quantitative estimate of drug-likeness (QED) is 0.822. The van der Waals surface area contributed by atoms with E-state index in [1.54, 1.807) is 20.0 Å². The zero-order valence-corrected chi connectivity index (χ0v) is 13.9. The van der Waals surface area contributed by atoms with Gasteiger partial charge in [0.25, 0.3) is 0 Å². The van der Waals surface area contributed by atoms with Crippen LogP contribution in [0.2, 0.25) is 0 Å². The standard InChI is InChI=1S/C15H21N2O4P/c1-4-20-22(19,21-5-2)15(16)13-10-17(11(3)18)14-9-7-6-8-12(13)14/h6-10,15H,4-5,16H2,1-3H3/t15-/m1/s1. The predicted octanol–water partition coefficient (Wildman–Crippen LogP) is 3.52. The third kappa shape index (κ3) is 3.01. The van der Waals surface area contributed by atoms with E-state index in [1.165, 1.54) is 11.5 Å². The maximum atomic E-state index is 12.9. The van der Waals surface area contributed by atoms with Gasteiger partial charge in [-0.05, 0) is 19.9 Å². The van der Waals surface area contributed by atoms with Crippen LogP contribution in [-0.2, 0) is 13.6 Å². The third-order valence-electron chi connectivity index (χ3n) is 3.36. The number of carbonyl (C=O) groups excluding carboxylic acids is 1. The van der Waals surface area contributed by atoms with E-state index in [0.29, 0.717) is 5.56 Å². The Morgan fingerprint density at radius 1 is 1.27 bits per heavy atom. The Kier molecular flexibility index (Phi) is 5.19. The van der Waals surface area contributed by atoms with E-state index < -0.39 is 13.4 Å². The van der Waals surface area contributed by atoms with Gasteiger partial charge in [0.1, 0.15) is 5.78 Å². The van der Waals surface area contributed by atoms with Gasteiger partial charge in [0.05, 0.1) is 18.7 Å². The summed E-state index contributed by atoms with van der Waals surface area (Å²) in [5.74, 6) is -1.09. The maximum absolute atomic E-state index is 12.9. The summed E-state index contributed by atoms with van der Waals surface area (Å²) >= 11 is 0. The zero-order chi connectivity index (χ0) is 16.3. The smallest absolute Gasteiger partial charge is 0.314 e. The Morgan fingerprint density at radius 2 is 1.86 bits per heavy atom. The lowest BCUT2D eigenvalue weighted by atomic mass is 10.2. The van der Waals surface area contributed by atoms with Gasteiger partial charge in [0.15, 0.2) is 0 Å². The van der Waals surface area contributed by atoms with E-state index in [0.717, 1.165) is 10.9 Å². The molecule has 2 aromatic rings. The predicted molar refractivity (Wildman–Crippen MR) is 86.0 cm³/mol. The van der Waals surface area contributed by atoms with E-state index in [-0.39, 0.29) is 19.1 Å². The fourth-order valence-corrected chi connectivity index (χ4v) is 4.09. The summed E-state index contributed by atoms with van der Waals surface area (Å²) in [7, 11) is -3.50. The first-order chi connectivity index (χ1) is 10.4. The highest BCUT2D eigenvalue weighted by Crippen LogP contribution is 2.59. The minimum atomic E-state index is -3.50. The van der Waals surface area contributed by atoms with Crippen molar-refractivity contribution < 1.29 is 18.4 Å². The monoisotopic (exact) mass is 324 g/mol. The van der Waals surface area contributed by atoms with Crippen LogP contribution in [0.4, 0.5) is 0 Å². The normalized spacial score (nSPS) is 13.5. The number of hydrogen-bond acceptors (Lipinski definition) is 5. The first kappa shape index (κ1) is 16.9. The summed E-state index contributed by atoms with van der Waals surface area (Å²) in [5, 5.41) is 0.768. The summed E-state index contributed by atoms with van der Waals surface area (Å²) < 4.78 is 25.0. The van der Waals surface area contributed by atoms with Crippen LogP contribution in [0.1, 0.15) is 36.9 Å². The van der Waals surface area contributed by atoms with Crippen molar-refractivity contribution >= 4 is 24.4 Å².